The van der Waals surface area contributed by atoms with Gasteiger partial charge in [0.25, 0.3) is 0 Å². The molecule has 0 bridgehead atoms. The first-order valence-electron chi connectivity index (χ1n) is 4.94. The van der Waals surface area contributed by atoms with Crippen molar-refractivity contribution in [2.24, 2.45) is 0 Å². The molecule has 0 N–H and O–H groups in total. The third-order valence-electron chi connectivity index (χ3n) is 2.30. The van der Waals surface area contributed by atoms with Gasteiger partial charge in [0, 0.05) is 18.0 Å². The third-order valence-corrected chi connectivity index (χ3v) is 2.30. The molecule has 0 atom stereocenters. The molecule has 2 heterocycles. The zero-order valence-electron chi connectivity index (χ0n) is 8.45. The van der Waals surface area contributed by atoms with Crippen LogP contribution in [0.1, 0.15) is 0 Å². The molecule has 3 aromatic rings. The van der Waals surface area contributed by atoms with E-state index in [0.717, 1.165) is 11.4 Å². The predicted molar refractivity (Wildman–Crippen MR) is 59.1 cm³/mol. The highest BCUT2D eigenvalue weighted by Crippen LogP contribution is 2.19. The van der Waals surface area contributed by atoms with E-state index in [1.54, 1.807) is 18.7 Å². The topological polar surface area (TPSA) is 43.9 Å². The number of hydrogen-bond acceptors (Lipinski definition) is 3. The summed E-state index contributed by atoms with van der Waals surface area (Å²) < 4.78 is 7.07. The van der Waals surface area contributed by atoms with Gasteiger partial charge in [-0.3, -0.25) is 4.57 Å². The van der Waals surface area contributed by atoms with Crippen LogP contribution in [0.5, 0.6) is 0 Å². The lowest BCUT2D eigenvalue weighted by atomic mass is 10.2. The van der Waals surface area contributed by atoms with Crippen molar-refractivity contribution < 1.29 is 4.42 Å². The molecule has 0 aliphatic heterocycles. The van der Waals surface area contributed by atoms with Crippen molar-refractivity contribution >= 4 is 0 Å². The Morgan fingerprint density at radius 1 is 1.00 bits per heavy atom. The number of nitrogens with zero attached hydrogens (tertiary/aromatic N) is 3. The largest absolute Gasteiger partial charge is 0.432 e. The molecule has 4 nitrogen and oxygen atoms in total. The Balaban J connectivity index is 2.14. The van der Waals surface area contributed by atoms with Gasteiger partial charge in [-0.2, -0.15) is 0 Å². The van der Waals surface area contributed by atoms with Crippen molar-refractivity contribution in [1.29, 1.82) is 0 Å². The minimum atomic E-state index is 0.524. The van der Waals surface area contributed by atoms with Gasteiger partial charge in [0.15, 0.2) is 0 Å². The summed E-state index contributed by atoms with van der Waals surface area (Å²) in [4.78, 5) is 8.41. The molecule has 0 aliphatic carbocycles. The molecule has 2 aromatic heterocycles. The summed E-state index contributed by atoms with van der Waals surface area (Å²) in [5.74, 6) is 0.822. The predicted octanol–water partition coefficient (Wildman–Crippen LogP) is 2.53. The molecule has 0 saturated heterocycles. The Morgan fingerprint density at radius 3 is 2.62 bits per heavy atom. The molecular formula is C12H9N3O. The fourth-order valence-electron chi connectivity index (χ4n) is 1.59. The van der Waals surface area contributed by atoms with Crippen molar-refractivity contribution in [3.05, 3.63) is 55.2 Å². The molecule has 0 radical (unpaired) electrons. The summed E-state index contributed by atoms with van der Waals surface area (Å²) in [5.41, 5.74) is 1.03. The fourth-order valence-corrected chi connectivity index (χ4v) is 1.59. The normalized spacial score (nSPS) is 10.5. The van der Waals surface area contributed by atoms with E-state index in [-0.39, 0.29) is 0 Å². The molecule has 16 heavy (non-hydrogen) atoms. The van der Waals surface area contributed by atoms with E-state index in [0.29, 0.717) is 6.01 Å². The van der Waals surface area contributed by atoms with Crippen LogP contribution in [-0.4, -0.2) is 14.5 Å². The van der Waals surface area contributed by atoms with Crippen LogP contribution in [0.3, 0.4) is 0 Å². The van der Waals surface area contributed by atoms with Gasteiger partial charge in [0.05, 0.1) is 6.20 Å². The fraction of sp³-hybridized carbons (Fsp3) is 0. The minimum Gasteiger partial charge on any atom is -0.432 e. The summed E-state index contributed by atoms with van der Waals surface area (Å²) >= 11 is 0. The maximum Gasteiger partial charge on any atom is 0.307 e. The van der Waals surface area contributed by atoms with Crippen molar-refractivity contribution in [2.45, 2.75) is 0 Å². The van der Waals surface area contributed by atoms with E-state index >= 15 is 0 Å². The molecule has 0 spiro atoms. The highest BCUT2D eigenvalue weighted by atomic mass is 16.4. The van der Waals surface area contributed by atoms with Gasteiger partial charge in [-0.15, -0.1) is 0 Å². The molecule has 0 aliphatic rings. The summed E-state index contributed by atoms with van der Waals surface area (Å²) in [5, 5.41) is 0. The summed E-state index contributed by atoms with van der Waals surface area (Å²) in [6.07, 6.45) is 6.72. The number of imidazole rings is 1. The van der Waals surface area contributed by atoms with Crippen molar-refractivity contribution in [1.82, 2.24) is 14.5 Å². The third kappa shape index (κ3) is 1.40. The van der Waals surface area contributed by atoms with Crippen molar-refractivity contribution in [3.63, 3.8) is 0 Å². The zero-order chi connectivity index (χ0) is 10.8. The van der Waals surface area contributed by atoms with Crippen LogP contribution in [0.15, 0.2) is 59.6 Å². The SMILES string of the molecule is c1ccc(-c2nccn2-c2ncco2)cc1. The van der Waals surface area contributed by atoms with Crippen LogP contribution in [0.2, 0.25) is 0 Å². The van der Waals surface area contributed by atoms with E-state index in [1.165, 1.54) is 0 Å². The number of rotatable bonds is 2. The van der Waals surface area contributed by atoms with E-state index in [1.807, 2.05) is 41.1 Å². The lowest BCUT2D eigenvalue weighted by Gasteiger charge is -2.02. The van der Waals surface area contributed by atoms with Gasteiger partial charge >= 0.3 is 6.01 Å². The number of hydrogen-bond donors (Lipinski definition) is 0. The maximum atomic E-state index is 5.25. The van der Waals surface area contributed by atoms with Crippen LogP contribution in [0, 0.1) is 0 Å². The molecule has 1 aromatic carbocycles. The van der Waals surface area contributed by atoms with Crippen LogP contribution in [0.4, 0.5) is 0 Å². The molecule has 4 heteroatoms. The first kappa shape index (κ1) is 8.91. The Hall–Kier alpha value is -2.36. The molecule has 0 unspecified atom stereocenters. The van der Waals surface area contributed by atoms with Crippen molar-refractivity contribution in [2.75, 3.05) is 0 Å². The average Bonchev–Trinajstić information content (AvgIpc) is 3.01. The molecule has 3 rings (SSSR count). The van der Waals surface area contributed by atoms with Gasteiger partial charge in [-0.05, 0) is 0 Å². The maximum absolute atomic E-state index is 5.25. The van der Waals surface area contributed by atoms with E-state index < -0.39 is 0 Å². The number of aromatic nitrogens is 3. The number of oxazole rings is 1. The first-order chi connectivity index (χ1) is 7.95. The summed E-state index contributed by atoms with van der Waals surface area (Å²) in [6.45, 7) is 0. The van der Waals surface area contributed by atoms with Gasteiger partial charge in [-0.1, -0.05) is 30.3 Å². The first-order valence-corrected chi connectivity index (χ1v) is 4.94. The van der Waals surface area contributed by atoms with Crippen LogP contribution in [-0.2, 0) is 0 Å². The Labute approximate surface area is 92.2 Å². The van der Waals surface area contributed by atoms with Crippen LogP contribution in [0.25, 0.3) is 17.4 Å². The summed E-state index contributed by atoms with van der Waals surface area (Å²) in [7, 11) is 0. The van der Waals surface area contributed by atoms with Gasteiger partial charge in [0.1, 0.15) is 12.1 Å². The van der Waals surface area contributed by atoms with E-state index in [2.05, 4.69) is 9.97 Å². The molecule has 78 valence electrons. The van der Waals surface area contributed by atoms with Gasteiger partial charge in [-0.25, -0.2) is 9.97 Å². The highest BCUT2D eigenvalue weighted by molar-refractivity contribution is 5.56. The standard InChI is InChI=1S/C12H9N3O/c1-2-4-10(5-3-1)11-13-6-8-15(11)12-14-7-9-16-12/h1-9H. The Bertz CT molecular complexity index is 569. The van der Waals surface area contributed by atoms with E-state index in [9.17, 15) is 0 Å². The zero-order valence-corrected chi connectivity index (χ0v) is 8.45. The molecule has 0 amide bonds. The number of benzene rings is 1. The highest BCUT2D eigenvalue weighted by Gasteiger charge is 2.09. The lowest BCUT2D eigenvalue weighted by Crippen LogP contribution is -1.95. The Kier molecular flexibility index (Phi) is 2.04. The Morgan fingerprint density at radius 2 is 1.88 bits per heavy atom. The van der Waals surface area contributed by atoms with Crippen molar-refractivity contribution in [3.8, 4) is 17.4 Å². The average molecular weight is 211 g/mol. The second-order valence-corrected chi connectivity index (χ2v) is 3.30. The minimum absolute atomic E-state index is 0.524. The van der Waals surface area contributed by atoms with Gasteiger partial charge < -0.3 is 4.42 Å². The van der Waals surface area contributed by atoms with E-state index in [4.69, 9.17) is 4.42 Å². The molecule has 0 saturated carbocycles. The molecular weight excluding hydrogens is 202 g/mol. The van der Waals surface area contributed by atoms with Gasteiger partial charge in [0.2, 0.25) is 0 Å². The quantitative estimate of drug-likeness (QED) is 0.654. The molecule has 0 fully saturated rings. The van der Waals surface area contributed by atoms with Crippen LogP contribution < -0.4 is 0 Å². The van der Waals surface area contributed by atoms with Crippen LogP contribution >= 0.6 is 0 Å². The summed E-state index contributed by atoms with van der Waals surface area (Å²) in [6, 6.07) is 10.5. The second kappa shape index (κ2) is 3.66. The second-order valence-electron chi connectivity index (χ2n) is 3.30. The lowest BCUT2D eigenvalue weighted by molar-refractivity contribution is 0.528. The monoisotopic (exact) mass is 211 g/mol. The smallest absolute Gasteiger partial charge is 0.307 e.